The first-order valence-electron chi connectivity index (χ1n) is 12.7. The summed E-state index contributed by atoms with van der Waals surface area (Å²) in [5.74, 6) is -1.74. The first kappa shape index (κ1) is 27.4. The SMILES string of the molecule is O=C1CC[C@H](NC(=O)OCc2ccccc2)C(=O)N[C@@H](CC2CCCCC2)[C@@H](O)C(=O)OCCCO1. The molecule has 0 unspecified atom stereocenters. The van der Waals surface area contributed by atoms with Crippen LogP contribution in [0.5, 0.6) is 0 Å². The third-order valence-electron chi connectivity index (χ3n) is 6.52. The van der Waals surface area contributed by atoms with Crippen molar-refractivity contribution < 1.29 is 38.5 Å². The number of carbonyl (C=O) groups is 4. The van der Waals surface area contributed by atoms with Crippen LogP contribution >= 0.6 is 0 Å². The minimum atomic E-state index is -1.55. The lowest BCUT2D eigenvalue weighted by Gasteiger charge is -2.30. The van der Waals surface area contributed by atoms with Crippen molar-refractivity contribution in [3.8, 4) is 0 Å². The molecule has 1 saturated heterocycles. The standard InChI is InChI=1S/C26H36N2O8/c29-22-13-12-20(28-26(33)36-17-19-10-5-2-6-11-19)24(31)27-21(16-18-8-3-1-4-9-18)23(30)25(32)35-15-7-14-34-22/h2,5-6,10-11,18,20-21,23,30H,1,3-4,7-9,12-17H2,(H,27,31)(H,28,33)/t20-,21-,23+/m0/s1. The lowest BCUT2D eigenvalue weighted by Crippen LogP contribution is -2.55. The smallest absolute Gasteiger partial charge is 0.408 e. The van der Waals surface area contributed by atoms with Crippen molar-refractivity contribution in [2.75, 3.05) is 13.2 Å². The molecule has 0 radical (unpaired) electrons. The molecule has 10 nitrogen and oxygen atoms in total. The molecule has 2 amide bonds. The zero-order valence-corrected chi connectivity index (χ0v) is 20.5. The van der Waals surface area contributed by atoms with E-state index in [1.165, 1.54) is 0 Å². The van der Waals surface area contributed by atoms with Crippen molar-refractivity contribution in [1.82, 2.24) is 10.6 Å². The number of cyclic esters (lactones) is 2. The molecule has 0 aromatic heterocycles. The predicted molar refractivity (Wildman–Crippen MR) is 128 cm³/mol. The molecule has 198 valence electrons. The highest BCUT2D eigenvalue weighted by atomic mass is 16.6. The summed E-state index contributed by atoms with van der Waals surface area (Å²) in [5, 5.41) is 16.0. The molecule has 3 atom stereocenters. The topological polar surface area (TPSA) is 140 Å². The van der Waals surface area contributed by atoms with Crippen LogP contribution in [-0.4, -0.2) is 60.4 Å². The summed E-state index contributed by atoms with van der Waals surface area (Å²) < 4.78 is 15.5. The van der Waals surface area contributed by atoms with E-state index in [9.17, 15) is 24.3 Å². The van der Waals surface area contributed by atoms with E-state index in [1.54, 1.807) is 12.1 Å². The minimum Gasteiger partial charge on any atom is -0.466 e. The Balaban J connectivity index is 1.70. The summed E-state index contributed by atoms with van der Waals surface area (Å²) in [5.41, 5.74) is 0.779. The molecule has 10 heteroatoms. The van der Waals surface area contributed by atoms with E-state index < -0.39 is 42.1 Å². The van der Waals surface area contributed by atoms with Crippen LogP contribution in [0, 0.1) is 5.92 Å². The predicted octanol–water partition coefficient (Wildman–Crippen LogP) is 2.37. The second-order valence-electron chi connectivity index (χ2n) is 9.34. The number of amides is 2. The van der Waals surface area contributed by atoms with Crippen molar-refractivity contribution in [3.63, 3.8) is 0 Å². The van der Waals surface area contributed by atoms with Gasteiger partial charge in [0.15, 0.2) is 6.10 Å². The third kappa shape index (κ3) is 9.14. The summed E-state index contributed by atoms with van der Waals surface area (Å²) in [4.78, 5) is 50.2. The monoisotopic (exact) mass is 504 g/mol. The van der Waals surface area contributed by atoms with Gasteiger partial charge in [0, 0.05) is 12.8 Å². The molecule has 0 spiro atoms. The van der Waals surface area contributed by atoms with Crippen molar-refractivity contribution in [1.29, 1.82) is 0 Å². The number of aliphatic hydroxyl groups excluding tert-OH is 1. The van der Waals surface area contributed by atoms with E-state index in [2.05, 4.69) is 10.6 Å². The van der Waals surface area contributed by atoms with Crippen LogP contribution in [0.4, 0.5) is 4.79 Å². The molecule has 36 heavy (non-hydrogen) atoms. The van der Waals surface area contributed by atoms with Crippen molar-refractivity contribution in [2.24, 2.45) is 5.92 Å². The Morgan fingerprint density at radius 1 is 1.00 bits per heavy atom. The van der Waals surface area contributed by atoms with Crippen molar-refractivity contribution in [2.45, 2.75) is 82.6 Å². The molecule has 1 aliphatic carbocycles. The Kier molecular flexibility index (Phi) is 11.0. The minimum absolute atomic E-state index is 0.00922. The molecule has 3 N–H and O–H groups in total. The largest absolute Gasteiger partial charge is 0.466 e. The zero-order valence-electron chi connectivity index (χ0n) is 20.5. The summed E-state index contributed by atoms with van der Waals surface area (Å²) in [6.07, 6.45) is 3.37. The van der Waals surface area contributed by atoms with Crippen LogP contribution in [0.15, 0.2) is 30.3 Å². The quantitative estimate of drug-likeness (QED) is 0.410. The van der Waals surface area contributed by atoms with Gasteiger partial charge in [-0.05, 0) is 24.3 Å². The Bertz CT molecular complexity index is 872. The van der Waals surface area contributed by atoms with Crippen LogP contribution in [-0.2, 0) is 35.2 Å². The van der Waals surface area contributed by atoms with E-state index in [4.69, 9.17) is 14.2 Å². The van der Waals surface area contributed by atoms with Crippen molar-refractivity contribution >= 4 is 23.9 Å². The Labute approximate surface area is 211 Å². The number of rotatable bonds is 5. The maximum atomic E-state index is 13.2. The molecule has 3 rings (SSSR count). The molecule has 1 heterocycles. The van der Waals surface area contributed by atoms with Gasteiger partial charge in [-0.15, -0.1) is 0 Å². The van der Waals surface area contributed by atoms with E-state index >= 15 is 0 Å². The number of hydrogen-bond donors (Lipinski definition) is 3. The molecular weight excluding hydrogens is 468 g/mol. The van der Waals surface area contributed by atoms with Crippen LogP contribution in [0.25, 0.3) is 0 Å². The van der Waals surface area contributed by atoms with E-state index in [0.717, 1.165) is 37.7 Å². The first-order chi connectivity index (χ1) is 17.4. The maximum absolute atomic E-state index is 13.2. The summed E-state index contributed by atoms with van der Waals surface area (Å²) >= 11 is 0. The number of carbonyl (C=O) groups excluding carboxylic acids is 4. The fourth-order valence-corrected chi connectivity index (χ4v) is 4.51. The molecule has 1 aromatic carbocycles. The third-order valence-corrected chi connectivity index (χ3v) is 6.52. The number of benzene rings is 1. The van der Waals surface area contributed by atoms with E-state index in [1.807, 2.05) is 18.2 Å². The van der Waals surface area contributed by atoms with Gasteiger partial charge in [-0.3, -0.25) is 9.59 Å². The molecule has 0 bridgehead atoms. The fourth-order valence-electron chi connectivity index (χ4n) is 4.51. The van der Waals surface area contributed by atoms with Gasteiger partial charge in [0.2, 0.25) is 5.91 Å². The maximum Gasteiger partial charge on any atom is 0.408 e. The first-order valence-corrected chi connectivity index (χ1v) is 12.7. The highest BCUT2D eigenvalue weighted by molar-refractivity contribution is 5.87. The van der Waals surface area contributed by atoms with Crippen LogP contribution in [0.2, 0.25) is 0 Å². The van der Waals surface area contributed by atoms with E-state index in [0.29, 0.717) is 6.42 Å². The Hall–Kier alpha value is -3.14. The normalized spacial score (nSPS) is 25.0. The number of nitrogens with one attached hydrogen (secondary N) is 2. The lowest BCUT2D eigenvalue weighted by molar-refractivity contribution is -0.156. The highest BCUT2D eigenvalue weighted by Gasteiger charge is 2.34. The van der Waals surface area contributed by atoms with Gasteiger partial charge in [0.1, 0.15) is 12.6 Å². The van der Waals surface area contributed by atoms with Gasteiger partial charge < -0.3 is 30.0 Å². The van der Waals surface area contributed by atoms with Gasteiger partial charge in [0.25, 0.3) is 0 Å². The average Bonchev–Trinajstić information content (AvgIpc) is 2.89. The summed E-state index contributed by atoms with van der Waals surface area (Å²) in [6, 6.07) is 7.07. The molecule has 2 aliphatic rings. The lowest BCUT2D eigenvalue weighted by atomic mass is 9.83. The number of esters is 2. The molecule has 1 aliphatic heterocycles. The number of hydrogen-bond acceptors (Lipinski definition) is 8. The van der Waals surface area contributed by atoms with Gasteiger partial charge in [-0.1, -0.05) is 62.4 Å². The summed E-state index contributed by atoms with van der Waals surface area (Å²) in [7, 11) is 0. The summed E-state index contributed by atoms with van der Waals surface area (Å²) in [6.45, 7) is 0.0414. The zero-order chi connectivity index (χ0) is 25.8. The van der Waals surface area contributed by atoms with Crippen LogP contribution < -0.4 is 10.6 Å². The van der Waals surface area contributed by atoms with Gasteiger partial charge in [-0.25, -0.2) is 9.59 Å². The second-order valence-corrected chi connectivity index (χ2v) is 9.34. The number of aliphatic hydroxyl groups is 1. The molecular formula is C26H36N2O8. The average molecular weight is 505 g/mol. The second kappa shape index (κ2) is 14.4. The van der Waals surface area contributed by atoms with E-state index in [-0.39, 0.29) is 45.0 Å². The highest BCUT2D eigenvalue weighted by Crippen LogP contribution is 2.28. The Morgan fingerprint density at radius 2 is 1.72 bits per heavy atom. The Morgan fingerprint density at radius 3 is 2.47 bits per heavy atom. The fraction of sp³-hybridized carbons (Fsp3) is 0.615. The number of ether oxygens (including phenoxy) is 3. The molecule has 2 fully saturated rings. The van der Waals surface area contributed by atoms with Gasteiger partial charge in [0.05, 0.1) is 19.3 Å². The van der Waals surface area contributed by atoms with Crippen LogP contribution in [0.3, 0.4) is 0 Å². The molecule has 1 aromatic rings. The van der Waals surface area contributed by atoms with Gasteiger partial charge >= 0.3 is 18.0 Å². The number of alkyl carbamates (subject to hydrolysis) is 1. The van der Waals surface area contributed by atoms with Crippen molar-refractivity contribution in [3.05, 3.63) is 35.9 Å². The van der Waals surface area contributed by atoms with Gasteiger partial charge in [-0.2, -0.15) is 0 Å². The van der Waals surface area contributed by atoms with Crippen LogP contribution in [0.1, 0.15) is 63.4 Å². The molecule has 1 saturated carbocycles.